The zero-order valence-corrected chi connectivity index (χ0v) is 11.7. The number of nitrogens with zero attached hydrogens (tertiary/aromatic N) is 1. The van der Waals surface area contributed by atoms with E-state index in [1.165, 1.54) is 0 Å². The maximum absolute atomic E-state index is 12.3. The Hall–Kier alpha value is -1.72. The summed E-state index contributed by atoms with van der Waals surface area (Å²) in [5.74, 6) is 0. The molecule has 19 heavy (non-hydrogen) atoms. The molecule has 2 aromatic rings. The van der Waals surface area contributed by atoms with Crippen LogP contribution >= 0.6 is 0 Å². The first-order valence-electron chi connectivity index (χ1n) is 5.99. The lowest BCUT2D eigenvalue weighted by molar-refractivity contribution is 0.563. The summed E-state index contributed by atoms with van der Waals surface area (Å²) in [7, 11) is -3.53. The largest absolute Gasteiger partial charge is 0.260 e. The minimum Gasteiger partial charge on any atom is -0.260 e. The molecule has 0 spiro atoms. The summed E-state index contributed by atoms with van der Waals surface area (Å²) in [6.45, 7) is 3.55. The zero-order valence-electron chi connectivity index (χ0n) is 10.9. The first-order valence-corrected chi connectivity index (χ1v) is 7.48. The van der Waals surface area contributed by atoms with Crippen molar-refractivity contribution in [1.82, 2.24) is 9.71 Å². The van der Waals surface area contributed by atoms with Gasteiger partial charge in [-0.3, -0.25) is 4.98 Å². The zero-order chi connectivity index (χ0) is 13.9. The van der Waals surface area contributed by atoms with Gasteiger partial charge in [0, 0.05) is 6.20 Å². The molecular formula is C14H16N2O2S. The molecule has 1 unspecified atom stereocenters. The summed E-state index contributed by atoms with van der Waals surface area (Å²) in [5, 5.41) is 0. The van der Waals surface area contributed by atoms with Crippen LogP contribution in [0.5, 0.6) is 0 Å². The maximum Gasteiger partial charge on any atom is 0.241 e. The maximum atomic E-state index is 12.3. The number of hydrogen-bond donors (Lipinski definition) is 1. The summed E-state index contributed by atoms with van der Waals surface area (Å²) in [6, 6.07) is 12.0. The molecule has 0 saturated carbocycles. The number of nitrogens with one attached hydrogen (secondary N) is 1. The summed E-state index contributed by atoms with van der Waals surface area (Å²) in [4.78, 5) is 4.46. The van der Waals surface area contributed by atoms with Gasteiger partial charge in [-0.05, 0) is 37.6 Å². The monoisotopic (exact) mass is 276 g/mol. The molecule has 0 bridgehead atoms. The lowest BCUT2D eigenvalue weighted by Crippen LogP contribution is -2.27. The Morgan fingerprint density at radius 1 is 1.11 bits per heavy atom. The fraction of sp³-hybridized carbons (Fsp3) is 0.214. The highest BCUT2D eigenvalue weighted by atomic mass is 32.2. The van der Waals surface area contributed by atoms with Crippen molar-refractivity contribution in [1.29, 1.82) is 0 Å². The Balaban J connectivity index is 2.26. The van der Waals surface area contributed by atoms with Gasteiger partial charge >= 0.3 is 0 Å². The SMILES string of the molecule is Cc1ccccc1S(=O)(=O)NC(C)c1ccccn1. The van der Waals surface area contributed by atoms with Gasteiger partial charge in [-0.2, -0.15) is 0 Å². The molecule has 4 nitrogen and oxygen atoms in total. The first-order chi connectivity index (χ1) is 9.00. The van der Waals surface area contributed by atoms with E-state index in [2.05, 4.69) is 9.71 Å². The van der Waals surface area contributed by atoms with Crippen LogP contribution < -0.4 is 4.72 Å². The molecule has 0 aliphatic heterocycles. The Labute approximate surface area is 113 Å². The first kappa shape index (κ1) is 13.7. The van der Waals surface area contributed by atoms with Crippen LogP contribution in [-0.4, -0.2) is 13.4 Å². The van der Waals surface area contributed by atoms with Crippen LogP contribution in [0.3, 0.4) is 0 Å². The van der Waals surface area contributed by atoms with Crippen molar-refractivity contribution in [2.24, 2.45) is 0 Å². The second kappa shape index (κ2) is 5.50. The molecule has 1 aromatic heterocycles. The van der Waals surface area contributed by atoms with Crippen molar-refractivity contribution in [2.45, 2.75) is 24.8 Å². The molecule has 100 valence electrons. The summed E-state index contributed by atoms with van der Waals surface area (Å²) in [6.07, 6.45) is 1.65. The number of aromatic nitrogens is 1. The van der Waals surface area contributed by atoms with Gasteiger partial charge in [0.2, 0.25) is 10.0 Å². The molecule has 0 amide bonds. The Morgan fingerprint density at radius 2 is 1.79 bits per heavy atom. The lowest BCUT2D eigenvalue weighted by Gasteiger charge is -2.14. The van der Waals surface area contributed by atoms with Crippen molar-refractivity contribution in [2.75, 3.05) is 0 Å². The average molecular weight is 276 g/mol. The van der Waals surface area contributed by atoms with Crippen molar-refractivity contribution in [3.63, 3.8) is 0 Å². The van der Waals surface area contributed by atoms with Crippen LogP contribution in [-0.2, 0) is 10.0 Å². The van der Waals surface area contributed by atoms with E-state index in [0.29, 0.717) is 10.6 Å². The van der Waals surface area contributed by atoms with Crippen LogP contribution in [0.2, 0.25) is 0 Å². The van der Waals surface area contributed by atoms with Crippen LogP contribution in [0.4, 0.5) is 0 Å². The summed E-state index contributed by atoms with van der Waals surface area (Å²) >= 11 is 0. The van der Waals surface area contributed by atoms with Gasteiger partial charge in [-0.25, -0.2) is 13.1 Å². The lowest BCUT2D eigenvalue weighted by atomic mass is 10.2. The molecule has 2 rings (SSSR count). The van der Waals surface area contributed by atoms with E-state index in [4.69, 9.17) is 0 Å². The Kier molecular flexibility index (Phi) is 3.97. The van der Waals surface area contributed by atoms with Crippen molar-refractivity contribution >= 4 is 10.0 Å². The van der Waals surface area contributed by atoms with E-state index in [-0.39, 0.29) is 6.04 Å². The molecule has 1 heterocycles. The van der Waals surface area contributed by atoms with Gasteiger partial charge in [-0.15, -0.1) is 0 Å². The minimum absolute atomic E-state index is 0.304. The minimum atomic E-state index is -3.53. The molecule has 1 aromatic carbocycles. The molecule has 0 fully saturated rings. The van der Waals surface area contributed by atoms with E-state index in [1.807, 2.05) is 12.1 Å². The topological polar surface area (TPSA) is 59.1 Å². The molecular weight excluding hydrogens is 260 g/mol. The predicted octanol–water partition coefficient (Wildman–Crippen LogP) is 2.43. The van der Waals surface area contributed by atoms with E-state index in [1.54, 1.807) is 50.4 Å². The highest BCUT2D eigenvalue weighted by Crippen LogP contribution is 2.17. The van der Waals surface area contributed by atoms with Crippen molar-refractivity contribution < 1.29 is 8.42 Å². The summed E-state index contributed by atoms with van der Waals surface area (Å²) < 4.78 is 27.2. The van der Waals surface area contributed by atoms with Crippen molar-refractivity contribution in [3.05, 3.63) is 59.9 Å². The normalized spacial score (nSPS) is 13.2. The van der Waals surface area contributed by atoms with Gasteiger partial charge in [0.25, 0.3) is 0 Å². The van der Waals surface area contributed by atoms with Gasteiger partial charge < -0.3 is 0 Å². The molecule has 1 N–H and O–H groups in total. The van der Waals surface area contributed by atoms with Crippen molar-refractivity contribution in [3.8, 4) is 0 Å². The van der Waals surface area contributed by atoms with Gasteiger partial charge in [0.1, 0.15) is 0 Å². The molecule has 0 radical (unpaired) electrons. The Morgan fingerprint density at radius 3 is 2.42 bits per heavy atom. The van der Waals surface area contributed by atoms with E-state index < -0.39 is 10.0 Å². The Bertz CT molecular complexity index is 654. The highest BCUT2D eigenvalue weighted by Gasteiger charge is 2.20. The van der Waals surface area contributed by atoms with Gasteiger partial charge in [-0.1, -0.05) is 24.3 Å². The fourth-order valence-corrected chi connectivity index (χ4v) is 3.31. The third-order valence-corrected chi connectivity index (χ3v) is 4.55. The van der Waals surface area contributed by atoms with Crippen LogP contribution in [0.1, 0.15) is 24.2 Å². The van der Waals surface area contributed by atoms with Gasteiger partial charge in [0.15, 0.2) is 0 Å². The smallest absolute Gasteiger partial charge is 0.241 e. The number of benzene rings is 1. The quantitative estimate of drug-likeness (QED) is 0.933. The molecule has 1 atom stereocenters. The average Bonchev–Trinajstić information content (AvgIpc) is 2.39. The number of sulfonamides is 1. The second-order valence-electron chi connectivity index (χ2n) is 4.36. The third kappa shape index (κ3) is 3.19. The third-order valence-electron chi connectivity index (χ3n) is 2.85. The van der Waals surface area contributed by atoms with Gasteiger partial charge in [0.05, 0.1) is 16.6 Å². The fourth-order valence-electron chi connectivity index (χ4n) is 1.85. The number of aryl methyl sites for hydroxylation is 1. The molecule has 0 aliphatic rings. The highest BCUT2D eigenvalue weighted by molar-refractivity contribution is 7.89. The number of pyridine rings is 1. The standard InChI is InChI=1S/C14H16N2O2S/c1-11-7-3-4-9-14(11)19(17,18)16-12(2)13-8-5-6-10-15-13/h3-10,12,16H,1-2H3. The predicted molar refractivity (Wildman–Crippen MR) is 74.2 cm³/mol. The molecule has 0 saturated heterocycles. The molecule has 0 aliphatic carbocycles. The van der Waals surface area contributed by atoms with Crippen LogP contribution in [0.15, 0.2) is 53.6 Å². The van der Waals surface area contributed by atoms with E-state index >= 15 is 0 Å². The van der Waals surface area contributed by atoms with E-state index in [9.17, 15) is 8.42 Å². The summed E-state index contributed by atoms with van der Waals surface area (Å²) in [5.41, 5.74) is 1.42. The van der Waals surface area contributed by atoms with E-state index in [0.717, 1.165) is 5.56 Å². The number of hydrogen-bond acceptors (Lipinski definition) is 3. The number of rotatable bonds is 4. The second-order valence-corrected chi connectivity index (χ2v) is 6.05. The van der Waals surface area contributed by atoms with Crippen LogP contribution in [0, 0.1) is 6.92 Å². The van der Waals surface area contributed by atoms with Crippen LogP contribution in [0.25, 0.3) is 0 Å². The molecule has 5 heteroatoms.